The largest absolute Gasteiger partial charge is 0.492 e. The fourth-order valence-corrected chi connectivity index (χ4v) is 2.77. The molecule has 1 fully saturated rings. The Balaban J connectivity index is 1.69. The highest BCUT2D eigenvalue weighted by Crippen LogP contribution is 2.16. The molecule has 0 radical (unpaired) electrons. The molecule has 2 rings (SSSR count). The number of sulfonamides is 1. The fourth-order valence-electron chi connectivity index (χ4n) is 2.21. The second-order valence-electron chi connectivity index (χ2n) is 5.19. The number of hydrogen-bond acceptors (Lipinski definition) is 5. The van der Waals surface area contributed by atoms with Gasteiger partial charge in [0, 0.05) is 5.69 Å². The van der Waals surface area contributed by atoms with Gasteiger partial charge in [0.05, 0.1) is 18.8 Å². The Morgan fingerprint density at radius 2 is 2.09 bits per heavy atom. The van der Waals surface area contributed by atoms with E-state index in [9.17, 15) is 13.2 Å². The summed E-state index contributed by atoms with van der Waals surface area (Å²) in [6, 6.07) is 6.51. The normalized spacial score (nSPS) is 18.0. The highest BCUT2D eigenvalue weighted by Gasteiger charge is 2.21. The lowest BCUT2D eigenvalue weighted by molar-refractivity contribution is -0.122. The van der Waals surface area contributed by atoms with Gasteiger partial charge in [-0.1, -0.05) is 0 Å². The maximum atomic E-state index is 11.7. The zero-order chi connectivity index (χ0) is 16.0. The van der Waals surface area contributed by atoms with Crippen LogP contribution in [0, 0.1) is 0 Å². The lowest BCUT2D eigenvalue weighted by Gasteiger charge is -2.12. The summed E-state index contributed by atoms with van der Waals surface area (Å²) in [5.41, 5.74) is 0.482. The predicted molar refractivity (Wildman–Crippen MR) is 84.4 cm³/mol. The molecule has 22 heavy (non-hydrogen) atoms. The van der Waals surface area contributed by atoms with Crippen molar-refractivity contribution in [3.05, 3.63) is 24.3 Å². The third-order valence-corrected chi connectivity index (χ3v) is 3.81. The van der Waals surface area contributed by atoms with Crippen LogP contribution in [0.1, 0.15) is 12.8 Å². The Morgan fingerprint density at radius 3 is 2.68 bits per heavy atom. The number of ether oxygens (including phenoxy) is 1. The minimum atomic E-state index is -3.27. The SMILES string of the molecule is CS(=O)(=O)Nc1ccc(OCCNC(=O)C2CCCN2)cc1. The molecule has 0 aromatic heterocycles. The summed E-state index contributed by atoms with van der Waals surface area (Å²) in [7, 11) is -3.27. The maximum absolute atomic E-state index is 11.7. The van der Waals surface area contributed by atoms with E-state index in [2.05, 4.69) is 15.4 Å². The Labute approximate surface area is 130 Å². The van der Waals surface area contributed by atoms with Gasteiger partial charge < -0.3 is 15.4 Å². The summed E-state index contributed by atoms with van der Waals surface area (Å²) in [5, 5.41) is 5.95. The third kappa shape index (κ3) is 5.53. The van der Waals surface area contributed by atoms with Gasteiger partial charge in [-0.15, -0.1) is 0 Å². The topological polar surface area (TPSA) is 96.5 Å². The zero-order valence-corrected chi connectivity index (χ0v) is 13.3. The lowest BCUT2D eigenvalue weighted by Crippen LogP contribution is -2.41. The van der Waals surface area contributed by atoms with Crippen molar-refractivity contribution in [2.45, 2.75) is 18.9 Å². The first-order valence-electron chi connectivity index (χ1n) is 7.16. The van der Waals surface area contributed by atoms with Gasteiger partial charge in [0.15, 0.2) is 0 Å². The van der Waals surface area contributed by atoms with E-state index in [1.165, 1.54) is 0 Å². The van der Waals surface area contributed by atoms with Crippen LogP contribution in [0.5, 0.6) is 5.75 Å². The van der Waals surface area contributed by atoms with Crippen molar-refractivity contribution in [2.24, 2.45) is 0 Å². The summed E-state index contributed by atoms with van der Waals surface area (Å²) >= 11 is 0. The molecule has 1 aromatic rings. The Morgan fingerprint density at radius 1 is 1.36 bits per heavy atom. The van der Waals surface area contributed by atoms with Crippen LogP contribution in [0.15, 0.2) is 24.3 Å². The predicted octanol–water partition coefficient (Wildman–Crippen LogP) is 0.305. The number of anilines is 1. The van der Waals surface area contributed by atoms with E-state index in [0.717, 1.165) is 25.6 Å². The molecule has 0 bridgehead atoms. The molecule has 7 nitrogen and oxygen atoms in total. The molecule has 0 saturated carbocycles. The summed E-state index contributed by atoms with van der Waals surface area (Å²) in [5.74, 6) is 0.626. The monoisotopic (exact) mass is 327 g/mol. The highest BCUT2D eigenvalue weighted by atomic mass is 32.2. The standard InChI is InChI=1S/C14H21N3O4S/c1-22(19,20)17-11-4-6-12(7-5-11)21-10-9-16-14(18)13-3-2-8-15-13/h4-7,13,15,17H,2-3,8-10H2,1H3,(H,16,18). The van der Waals surface area contributed by atoms with Gasteiger partial charge in [-0.2, -0.15) is 0 Å². The molecule has 1 aliphatic rings. The van der Waals surface area contributed by atoms with Crippen molar-refractivity contribution < 1.29 is 17.9 Å². The van der Waals surface area contributed by atoms with Crippen molar-refractivity contribution in [1.82, 2.24) is 10.6 Å². The molecule has 1 aliphatic heterocycles. The Hall–Kier alpha value is -1.80. The van der Waals surface area contributed by atoms with Crippen LogP contribution in [0.4, 0.5) is 5.69 Å². The average Bonchev–Trinajstić information content (AvgIpc) is 2.97. The number of hydrogen-bond donors (Lipinski definition) is 3. The minimum absolute atomic E-state index is 0.00815. The molecule has 1 amide bonds. The van der Waals surface area contributed by atoms with Crippen LogP contribution in [0.3, 0.4) is 0 Å². The molecule has 0 spiro atoms. The molecule has 1 aromatic carbocycles. The maximum Gasteiger partial charge on any atom is 0.237 e. The number of carbonyl (C=O) groups is 1. The lowest BCUT2D eigenvalue weighted by atomic mass is 10.2. The summed E-state index contributed by atoms with van der Waals surface area (Å²) in [4.78, 5) is 11.7. The van der Waals surface area contributed by atoms with Crippen molar-refractivity contribution >= 4 is 21.6 Å². The Bertz CT molecular complexity index is 595. The first-order chi connectivity index (χ1) is 10.4. The van der Waals surface area contributed by atoms with E-state index in [1.54, 1.807) is 24.3 Å². The minimum Gasteiger partial charge on any atom is -0.492 e. The Kier molecular flexibility index (Phi) is 5.62. The average molecular weight is 327 g/mol. The van der Waals surface area contributed by atoms with E-state index in [-0.39, 0.29) is 11.9 Å². The second-order valence-corrected chi connectivity index (χ2v) is 6.94. The van der Waals surface area contributed by atoms with Crippen LogP contribution >= 0.6 is 0 Å². The van der Waals surface area contributed by atoms with E-state index in [0.29, 0.717) is 24.6 Å². The molecule has 1 heterocycles. The number of amides is 1. The summed E-state index contributed by atoms with van der Waals surface area (Å²) in [6.07, 6.45) is 3.00. The van der Waals surface area contributed by atoms with Gasteiger partial charge in [-0.05, 0) is 43.7 Å². The van der Waals surface area contributed by atoms with Gasteiger partial charge in [-0.3, -0.25) is 9.52 Å². The van der Waals surface area contributed by atoms with E-state index < -0.39 is 10.0 Å². The highest BCUT2D eigenvalue weighted by molar-refractivity contribution is 7.92. The van der Waals surface area contributed by atoms with Crippen molar-refractivity contribution in [3.8, 4) is 5.75 Å². The van der Waals surface area contributed by atoms with E-state index >= 15 is 0 Å². The van der Waals surface area contributed by atoms with E-state index in [4.69, 9.17) is 4.74 Å². The molecular weight excluding hydrogens is 306 g/mol. The molecule has 1 saturated heterocycles. The van der Waals surface area contributed by atoms with Crippen LogP contribution in [-0.4, -0.2) is 46.3 Å². The third-order valence-electron chi connectivity index (χ3n) is 3.20. The number of carbonyl (C=O) groups excluding carboxylic acids is 1. The van der Waals surface area contributed by atoms with Crippen LogP contribution in [0.2, 0.25) is 0 Å². The van der Waals surface area contributed by atoms with Crippen LogP contribution in [-0.2, 0) is 14.8 Å². The molecule has 8 heteroatoms. The quantitative estimate of drug-likeness (QED) is 0.626. The summed E-state index contributed by atoms with van der Waals surface area (Å²) < 4.78 is 30.0. The molecule has 1 unspecified atom stereocenters. The fraction of sp³-hybridized carbons (Fsp3) is 0.500. The second kappa shape index (κ2) is 7.46. The van der Waals surface area contributed by atoms with Gasteiger partial charge in [0.2, 0.25) is 15.9 Å². The van der Waals surface area contributed by atoms with Crippen molar-refractivity contribution in [3.63, 3.8) is 0 Å². The smallest absolute Gasteiger partial charge is 0.237 e. The first kappa shape index (κ1) is 16.6. The molecule has 1 atom stereocenters. The van der Waals surface area contributed by atoms with Gasteiger partial charge in [0.1, 0.15) is 12.4 Å². The zero-order valence-electron chi connectivity index (χ0n) is 12.5. The number of benzene rings is 1. The van der Waals surface area contributed by atoms with Gasteiger partial charge in [-0.25, -0.2) is 8.42 Å². The van der Waals surface area contributed by atoms with Crippen molar-refractivity contribution in [1.29, 1.82) is 0 Å². The molecule has 122 valence electrons. The van der Waals surface area contributed by atoms with Crippen molar-refractivity contribution in [2.75, 3.05) is 30.7 Å². The van der Waals surface area contributed by atoms with Crippen LogP contribution < -0.4 is 20.1 Å². The molecule has 0 aliphatic carbocycles. The van der Waals surface area contributed by atoms with Gasteiger partial charge in [0.25, 0.3) is 0 Å². The first-order valence-corrected chi connectivity index (χ1v) is 9.05. The number of rotatable bonds is 7. The van der Waals surface area contributed by atoms with Crippen LogP contribution in [0.25, 0.3) is 0 Å². The summed E-state index contributed by atoms with van der Waals surface area (Å²) in [6.45, 7) is 1.68. The van der Waals surface area contributed by atoms with E-state index in [1.807, 2.05) is 0 Å². The van der Waals surface area contributed by atoms with Gasteiger partial charge >= 0.3 is 0 Å². The molecular formula is C14H21N3O4S. The number of nitrogens with one attached hydrogen (secondary N) is 3. The molecule has 3 N–H and O–H groups in total.